The van der Waals surface area contributed by atoms with E-state index in [4.69, 9.17) is 22.1 Å². The Hall–Kier alpha value is -2.12. The zero-order chi connectivity index (χ0) is 10.9. The number of hydrogen-bond acceptors (Lipinski definition) is 6. The standard InChI is InChI=1S/C6H12N6O2/c1-2-10-6-4(8)3(7)5(9)11(13)12(6)14/h9,13-14H,2,7-8H2,1H3. The van der Waals surface area contributed by atoms with E-state index in [0.29, 0.717) is 6.54 Å². The van der Waals surface area contributed by atoms with Gasteiger partial charge >= 0.3 is 0 Å². The van der Waals surface area contributed by atoms with E-state index in [2.05, 4.69) is 4.99 Å². The first kappa shape index (κ1) is 9.96. The third-order valence-electron chi connectivity index (χ3n) is 1.66. The Kier molecular flexibility index (Phi) is 2.36. The molecule has 0 radical (unpaired) electrons. The molecule has 0 saturated heterocycles. The molecule has 1 heterocycles. The number of hydrogen-bond donors (Lipinski definition) is 5. The molecule has 0 amide bonds. The molecular weight excluding hydrogens is 188 g/mol. The number of rotatable bonds is 1. The van der Waals surface area contributed by atoms with Crippen LogP contribution in [0.5, 0.6) is 0 Å². The zero-order valence-corrected chi connectivity index (χ0v) is 7.60. The summed E-state index contributed by atoms with van der Waals surface area (Å²) in [5.41, 5.74) is 10.1. The molecule has 0 fully saturated rings. The van der Waals surface area contributed by atoms with Gasteiger partial charge in [-0.25, -0.2) is 0 Å². The summed E-state index contributed by atoms with van der Waals surface area (Å²) in [5.74, 6) is 0. The van der Waals surface area contributed by atoms with Crippen molar-refractivity contribution >= 4 is 11.4 Å². The highest BCUT2D eigenvalue weighted by Crippen LogP contribution is 1.98. The number of anilines is 2. The van der Waals surface area contributed by atoms with Crippen LogP contribution in [0.15, 0.2) is 4.99 Å². The maximum Gasteiger partial charge on any atom is 0.212 e. The van der Waals surface area contributed by atoms with Crippen molar-refractivity contribution in [3.05, 3.63) is 11.0 Å². The number of nitrogens with two attached hydrogens (primary N) is 2. The Balaban J connectivity index is 3.78. The van der Waals surface area contributed by atoms with Crippen molar-refractivity contribution in [2.45, 2.75) is 6.92 Å². The van der Waals surface area contributed by atoms with Crippen molar-refractivity contribution in [1.29, 1.82) is 5.41 Å². The SMILES string of the molecule is CCN=c1c(N)c(N)c(=N)n(O)n1O. The topological polar surface area (TPSA) is 139 Å². The van der Waals surface area contributed by atoms with Gasteiger partial charge in [0.15, 0.2) is 0 Å². The Labute approximate surface area is 78.7 Å². The molecule has 0 aliphatic heterocycles. The van der Waals surface area contributed by atoms with Gasteiger partial charge in [-0.15, -0.1) is 0 Å². The predicted molar refractivity (Wildman–Crippen MR) is 47.6 cm³/mol. The molecule has 1 aromatic rings. The van der Waals surface area contributed by atoms with Gasteiger partial charge in [0.2, 0.25) is 11.0 Å². The molecule has 1 aromatic heterocycles. The third-order valence-corrected chi connectivity index (χ3v) is 1.66. The van der Waals surface area contributed by atoms with Crippen LogP contribution in [0.2, 0.25) is 0 Å². The lowest BCUT2D eigenvalue weighted by molar-refractivity contribution is -0.0314. The first-order chi connectivity index (χ1) is 6.50. The van der Waals surface area contributed by atoms with E-state index in [1.807, 2.05) is 0 Å². The maximum absolute atomic E-state index is 9.30. The molecule has 0 bridgehead atoms. The van der Waals surface area contributed by atoms with Crippen molar-refractivity contribution in [3.63, 3.8) is 0 Å². The molecule has 0 aliphatic carbocycles. The minimum atomic E-state index is -0.500. The highest BCUT2D eigenvalue weighted by Gasteiger charge is 2.08. The molecule has 0 saturated carbocycles. The molecule has 0 atom stereocenters. The molecule has 8 nitrogen and oxygen atoms in total. The molecule has 78 valence electrons. The van der Waals surface area contributed by atoms with E-state index >= 15 is 0 Å². The largest absolute Gasteiger partial charge is 0.409 e. The second-order valence-electron chi connectivity index (χ2n) is 2.55. The number of nitrogens with zero attached hydrogens (tertiary/aromatic N) is 3. The smallest absolute Gasteiger partial charge is 0.212 e. The Morgan fingerprint density at radius 3 is 2.36 bits per heavy atom. The minimum Gasteiger partial charge on any atom is -0.409 e. The number of nitrogen functional groups attached to an aromatic ring is 2. The molecule has 8 heteroatoms. The monoisotopic (exact) mass is 200 g/mol. The van der Waals surface area contributed by atoms with Gasteiger partial charge in [-0.3, -0.25) is 10.4 Å². The molecular formula is C6H12N6O2. The van der Waals surface area contributed by atoms with Crippen LogP contribution < -0.4 is 22.4 Å². The zero-order valence-electron chi connectivity index (χ0n) is 7.60. The lowest BCUT2D eigenvalue weighted by Crippen LogP contribution is -2.40. The van der Waals surface area contributed by atoms with Gasteiger partial charge in [0.1, 0.15) is 11.4 Å². The molecule has 7 N–H and O–H groups in total. The van der Waals surface area contributed by atoms with Gasteiger partial charge < -0.3 is 21.9 Å². The Morgan fingerprint density at radius 2 is 1.86 bits per heavy atom. The van der Waals surface area contributed by atoms with E-state index in [1.165, 1.54) is 0 Å². The van der Waals surface area contributed by atoms with Crippen molar-refractivity contribution in [3.8, 4) is 0 Å². The quantitative estimate of drug-likeness (QED) is 0.346. The fourth-order valence-corrected chi connectivity index (χ4v) is 0.946. The summed E-state index contributed by atoms with van der Waals surface area (Å²) in [5, 5.41) is 25.7. The molecule has 0 spiro atoms. The van der Waals surface area contributed by atoms with Crippen LogP contribution in [-0.2, 0) is 0 Å². The Morgan fingerprint density at radius 1 is 1.29 bits per heavy atom. The van der Waals surface area contributed by atoms with Crippen molar-refractivity contribution in [2.24, 2.45) is 4.99 Å². The van der Waals surface area contributed by atoms with Crippen molar-refractivity contribution < 1.29 is 10.4 Å². The van der Waals surface area contributed by atoms with E-state index < -0.39 is 5.49 Å². The second-order valence-corrected chi connectivity index (χ2v) is 2.55. The first-order valence-corrected chi connectivity index (χ1v) is 3.87. The minimum absolute atomic E-state index is 0.0374. The third kappa shape index (κ3) is 1.26. The number of aromatic nitrogens is 2. The summed E-state index contributed by atoms with van der Waals surface area (Å²) in [6, 6.07) is 0. The van der Waals surface area contributed by atoms with Gasteiger partial charge in [-0.1, -0.05) is 9.69 Å². The van der Waals surface area contributed by atoms with Crippen LogP contribution in [0, 0.1) is 5.41 Å². The highest BCUT2D eigenvalue weighted by atomic mass is 16.6. The van der Waals surface area contributed by atoms with Gasteiger partial charge in [0.05, 0.1) is 0 Å². The van der Waals surface area contributed by atoms with E-state index in [-0.39, 0.29) is 26.6 Å². The highest BCUT2D eigenvalue weighted by molar-refractivity contribution is 5.58. The molecule has 1 rings (SSSR count). The van der Waals surface area contributed by atoms with Crippen LogP contribution >= 0.6 is 0 Å². The van der Waals surface area contributed by atoms with Crippen LogP contribution in [0.3, 0.4) is 0 Å². The van der Waals surface area contributed by atoms with Crippen LogP contribution in [0.4, 0.5) is 11.4 Å². The van der Waals surface area contributed by atoms with E-state index in [1.54, 1.807) is 6.92 Å². The summed E-state index contributed by atoms with van der Waals surface area (Å²) in [6.45, 7) is 2.09. The summed E-state index contributed by atoms with van der Waals surface area (Å²) < 4.78 is 0. The lowest BCUT2D eigenvalue weighted by atomic mass is 10.4. The first-order valence-electron chi connectivity index (χ1n) is 3.87. The molecule has 14 heavy (non-hydrogen) atoms. The lowest BCUT2D eigenvalue weighted by Gasteiger charge is -2.08. The Bertz CT molecular complexity index is 435. The molecule has 0 unspecified atom stereocenters. The fraction of sp³-hybridized carbons (Fsp3) is 0.333. The maximum atomic E-state index is 9.30. The van der Waals surface area contributed by atoms with Gasteiger partial charge in [0, 0.05) is 6.54 Å². The summed E-state index contributed by atoms with van der Waals surface area (Å²) >= 11 is 0. The predicted octanol–water partition coefficient (Wildman–Crippen LogP) is -1.67. The molecule has 0 aromatic carbocycles. The van der Waals surface area contributed by atoms with Crippen LogP contribution in [0.1, 0.15) is 6.92 Å². The van der Waals surface area contributed by atoms with E-state index in [9.17, 15) is 5.21 Å². The normalized spacial score (nSPS) is 11.9. The average Bonchev–Trinajstić information content (AvgIpc) is 2.19. The van der Waals surface area contributed by atoms with Crippen molar-refractivity contribution in [2.75, 3.05) is 18.0 Å². The summed E-state index contributed by atoms with van der Waals surface area (Å²) in [6.07, 6.45) is 0. The van der Waals surface area contributed by atoms with Crippen molar-refractivity contribution in [1.82, 2.24) is 9.69 Å². The number of nitrogens with one attached hydrogen (secondary N) is 1. The van der Waals surface area contributed by atoms with Gasteiger partial charge in [-0.2, -0.15) is 0 Å². The summed E-state index contributed by atoms with van der Waals surface area (Å²) in [4.78, 5) is 4.23. The van der Waals surface area contributed by atoms with Gasteiger partial charge in [0.25, 0.3) is 0 Å². The second kappa shape index (κ2) is 3.32. The average molecular weight is 200 g/mol. The van der Waals surface area contributed by atoms with E-state index in [0.717, 1.165) is 0 Å². The van der Waals surface area contributed by atoms with Crippen LogP contribution in [-0.4, -0.2) is 26.6 Å². The fourth-order valence-electron chi connectivity index (χ4n) is 0.946. The van der Waals surface area contributed by atoms with Crippen LogP contribution in [0.25, 0.3) is 0 Å². The summed E-state index contributed by atoms with van der Waals surface area (Å²) in [7, 11) is 0. The van der Waals surface area contributed by atoms with Gasteiger partial charge in [-0.05, 0) is 6.92 Å². The molecule has 0 aliphatic rings.